The van der Waals surface area contributed by atoms with Gasteiger partial charge in [-0.05, 0) is 84.1 Å². The van der Waals surface area contributed by atoms with Gasteiger partial charge in [0.25, 0.3) is 0 Å². The van der Waals surface area contributed by atoms with Crippen LogP contribution in [-0.4, -0.2) is 13.3 Å². The van der Waals surface area contributed by atoms with E-state index < -0.39 is 11.7 Å². The lowest BCUT2D eigenvalue weighted by molar-refractivity contribution is -0.137. The van der Waals surface area contributed by atoms with Crippen molar-refractivity contribution in [1.82, 2.24) is 0 Å². The highest BCUT2D eigenvalue weighted by Gasteiger charge is 2.29. The fraction of sp³-hybridized carbons (Fsp3) is 0.148. The topological polar surface area (TPSA) is 15.6 Å². The normalized spacial score (nSPS) is 12.2. The third-order valence-corrected chi connectivity index (χ3v) is 5.23. The second-order valence-electron chi connectivity index (χ2n) is 7.50. The molecule has 6 heteroatoms. The van der Waals surface area contributed by atoms with Crippen LogP contribution < -0.4 is 4.90 Å². The molecule has 2 nitrogen and oxygen atoms in total. The summed E-state index contributed by atoms with van der Waals surface area (Å²) in [4.78, 5) is 5.89. The van der Waals surface area contributed by atoms with Gasteiger partial charge in [0.1, 0.15) is 5.82 Å². The van der Waals surface area contributed by atoms with Crippen molar-refractivity contribution in [3.63, 3.8) is 0 Å². The number of rotatable bonds is 7. The molecular formula is C27H24F4N2. The maximum absolute atomic E-state index is 13.4. The number of halogens is 4. The number of alkyl halides is 3. The molecule has 3 aromatic carbocycles. The zero-order valence-corrected chi connectivity index (χ0v) is 18.4. The number of hydrogen-bond donors (Lipinski definition) is 0. The first-order chi connectivity index (χ1) is 15.7. The first-order valence-electron chi connectivity index (χ1n) is 10.3. The van der Waals surface area contributed by atoms with E-state index in [-0.39, 0.29) is 5.82 Å². The second-order valence-corrected chi connectivity index (χ2v) is 7.50. The highest BCUT2D eigenvalue weighted by Crippen LogP contribution is 2.33. The molecule has 3 aromatic rings. The molecule has 0 saturated carbocycles. The van der Waals surface area contributed by atoms with Crippen LogP contribution in [0.1, 0.15) is 22.3 Å². The Kier molecular flexibility index (Phi) is 7.48. The highest BCUT2D eigenvalue weighted by atomic mass is 19.4. The first kappa shape index (κ1) is 24.0. The van der Waals surface area contributed by atoms with Crippen LogP contribution >= 0.6 is 0 Å². The largest absolute Gasteiger partial charge is 0.416 e. The van der Waals surface area contributed by atoms with Gasteiger partial charge in [-0.3, -0.25) is 4.99 Å². The van der Waals surface area contributed by atoms with Gasteiger partial charge in [-0.15, -0.1) is 0 Å². The zero-order chi connectivity index (χ0) is 24.0. The standard InChI is InChI=1S/C27H24F4N2/c1-4-33(25-13-11-24(28)12-14-25)26-18-21(8-5-19(26)2)22(15-16-32-3)17-20-6-9-23(10-7-20)27(29,30)31/h4-16,18H,1,17H2,2-3H3/b22-15+,32-16?. The number of allylic oxidation sites excluding steroid dienone is 2. The quantitative estimate of drug-likeness (QED) is 0.264. The molecule has 0 atom stereocenters. The molecule has 33 heavy (non-hydrogen) atoms. The van der Waals surface area contributed by atoms with Crippen molar-refractivity contribution in [3.05, 3.63) is 114 Å². The maximum atomic E-state index is 13.4. The van der Waals surface area contributed by atoms with Gasteiger partial charge in [0.2, 0.25) is 0 Å². The minimum atomic E-state index is -4.37. The Hall–Kier alpha value is -3.67. The predicted molar refractivity (Wildman–Crippen MR) is 127 cm³/mol. The molecule has 0 aromatic heterocycles. The SMILES string of the molecule is C=CN(c1ccc(F)cc1)c1cc(/C(=C/C=NC)Cc2ccc(C(F)(F)F)cc2)ccc1C. The summed E-state index contributed by atoms with van der Waals surface area (Å²) in [6.45, 7) is 5.87. The molecule has 0 bridgehead atoms. The van der Waals surface area contributed by atoms with Crippen LogP contribution in [-0.2, 0) is 12.6 Å². The number of benzene rings is 3. The molecule has 0 amide bonds. The lowest BCUT2D eigenvalue weighted by Gasteiger charge is -2.23. The summed E-state index contributed by atoms with van der Waals surface area (Å²) >= 11 is 0. The highest BCUT2D eigenvalue weighted by molar-refractivity contribution is 5.86. The molecule has 0 aliphatic carbocycles. The third-order valence-electron chi connectivity index (χ3n) is 5.23. The summed E-state index contributed by atoms with van der Waals surface area (Å²) in [5.41, 5.74) is 4.47. The van der Waals surface area contributed by atoms with Gasteiger partial charge in [0.05, 0.1) is 5.56 Å². The summed E-state index contributed by atoms with van der Waals surface area (Å²) in [5, 5.41) is 0. The van der Waals surface area contributed by atoms with Crippen LogP contribution in [0.3, 0.4) is 0 Å². The van der Waals surface area contributed by atoms with Crippen LogP contribution in [0.5, 0.6) is 0 Å². The molecule has 0 heterocycles. The minimum absolute atomic E-state index is 0.325. The van der Waals surface area contributed by atoms with Gasteiger partial charge >= 0.3 is 6.18 Å². The fourth-order valence-corrected chi connectivity index (χ4v) is 3.47. The summed E-state index contributed by atoms with van der Waals surface area (Å²) in [7, 11) is 1.65. The smallest absolute Gasteiger partial charge is 0.317 e. The van der Waals surface area contributed by atoms with Crippen molar-refractivity contribution in [2.24, 2.45) is 4.99 Å². The molecule has 0 aliphatic heterocycles. The van der Waals surface area contributed by atoms with Gasteiger partial charge < -0.3 is 4.90 Å². The molecule has 0 spiro atoms. The predicted octanol–water partition coefficient (Wildman–Crippen LogP) is 7.76. The van der Waals surface area contributed by atoms with E-state index in [0.717, 1.165) is 45.8 Å². The number of hydrogen-bond acceptors (Lipinski definition) is 2. The molecule has 0 unspecified atom stereocenters. The van der Waals surface area contributed by atoms with Crippen LogP contribution in [0.2, 0.25) is 0 Å². The maximum Gasteiger partial charge on any atom is 0.416 e. The van der Waals surface area contributed by atoms with E-state index >= 15 is 0 Å². The lowest BCUT2D eigenvalue weighted by atomic mass is 9.95. The lowest BCUT2D eigenvalue weighted by Crippen LogP contribution is -2.10. The molecule has 0 fully saturated rings. The molecule has 0 aliphatic rings. The third kappa shape index (κ3) is 5.98. The van der Waals surface area contributed by atoms with E-state index in [4.69, 9.17) is 0 Å². The number of aryl methyl sites for hydroxylation is 1. The van der Waals surface area contributed by atoms with E-state index in [2.05, 4.69) is 11.6 Å². The number of anilines is 2. The van der Waals surface area contributed by atoms with Crippen molar-refractivity contribution in [1.29, 1.82) is 0 Å². The van der Waals surface area contributed by atoms with Crippen molar-refractivity contribution < 1.29 is 17.6 Å². The van der Waals surface area contributed by atoms with Gasteiger partial charge in [-0.1, -0.05) is 30.8 Å². The average molecular weight is 452 g/mol. The van der Waals surface area contributed by atoms with Crippen LogP contribution in [0.15, 0.2) is 90.6 Å². The fourth-order valence-electron chi connectivity index (χ4n) is 3.47. The molecule has 3 rings (SSSR count). The second kappa shape index (κ2) is 10.3. The molecular weight excluding hydrogens is 428 g/mol. The summed E-state index contributed by atoms with van der Waals surface area (Å²) < 4.78 is 52.1. The Labute approximate surface area is 191 Å². The van der Waals surface area contributed by atoms with Gasteiger partial charge in [-0.25, -0.2) is 4.39 Å². The van der Waals surface area contributed by atoms with Gasteiger partial charge in [0.15, 0.2) is 0 Å². The van der Waals surface area contributed by atoms with Gasteiger partial charge in [0, 0.05) is 30.8 Å². The first-order valence-corrected chi connectivity index (χ1v) is 10.3. The van der Waals surface area contributed by atoms with Crippen LogP contribution in [0, 0.1) is 12.7 Å². The van der Waals surface area contributed by atoms with Crippen molar-refractivity contribution in [2.45, 2.75) is 19.5 Å². The number of aliphatic imine (C=N–C) groups is 1. The van der Waals surface area contributed by atoms with Gasteiger partial charge in [-0.2, -0.15) is 13.2 Å². The minimum Gasteiger partial charge on any atom is -0.317 e. The van der Waals surface area contributed by atoms with E-state index in [1.807, 2.05) is 36.1 Å². The average Bonchev–Trinajstić information content (AvgIpc) is 2.79. The van der Waals surface area contributed by atoms with E-state index in [9.17, 15) is 17.6 Å². The molecule has 170 valence electrons. The Bertz CT molecular complexity index is 1160. The van der Waals surface area contributed by atoms with E-state index in [1.54, 1.807) is 31.6 Å². The Morgan fingerprint density at radius 2 is 1.67 bits per heavy atom. The molecule has 0 N–H and O–H groups in total. The Morgan fingerprint density at radius 3 is 2.24 bits per heavy atom. The monoisotopic (exact) mass is 452 g/mol. The van der Waals surface area contributed by atoms with Crippen molar-refractivity contribution in [2.75, 3.05) is 11.9 Å². The van der Waals surface area contributed by atoms with E-state index in [0.29, 0.717) is 6.42 Å². The van der Waals surface area contributed by atoms with Crippen molar-refractivity contribution in [3.8, 4) is 0 Å². The number of nitrogens with zero attached hydrogens (tertiary/aromatic N) is 2. The Balaban J connectivity index is 1.98. The van der Waals surface area contributed by atoms with E-state index in [1.165, 1.54) is 24.3 Å². The van der Waals surface area contributed by atoms with Crippen molar-refractivity contribution >= 4 is 23.2 Å². The zero-order valence-electron chi connectivity index (χ0n) is 18.4. The summed E-state index contributed by atoms with van der Waals surface area (Å²) in [6.07, 6.45) is 1.22. The van der Waals surface area contributed by atoms with Crippen LogP contribution in [0.25, 0.3) is 5.57 Å². The molecule has 0 saturated heterocycles. The summed E-state index contributed by atoms with van der Waals surface area (Å²) in [5.74, 6) is -0.325. The summed E-state index contributed by atoms with van der Waals surface area (Å²) in [6, 6.07) is 17.2. The Morgan fingerprint density at radius 1 is 1.00 bits per heavy atom. The molecule has 0 radical (unpaired) electrons. The van der Waals surface area contributed by atoms with Crippen LogP contribution in [0.4, 0.5) is 28.9 Å².